The van der Waals surface area contributed by atoms with Gasteiger partial charge in [-0.15, -0.1) is 0 Å². The van der Waals surface area contributed by atoms with Crippen molar-refractivity contribution in [3.05, 3.63) is 35.9 Å². The van der Waals surface area contributed by atoms with Crippen LogP contribution in [0.4, 0.5) is 0 Å². The maximum atomic E-state index is 10.4. The zero-order chi connectivity index (χ0) is 11.8. The number of rotatable bonds is 7. The Hall–Kier alpha value is -1.15. The summed E-state index contributed by atoms with van der Waals surface area (Å²) in [5.74, 6) is 0.821. The van der Waals surface area contributed by atoms with Crippen LogP contribution in [-0.2, 0) is 16.1 Å². The largest absolute Gasteiger partial charge is 0.376 e. The molecule has 2 atom stereocenters. The van der Waals surface area contributed by atoms with Gasteiger partial charge in [-0.2, -0.15) is 0 Å². The Morgan fingerprint density at radius 3 is 2.50 bits per heavy atom. The van der Waals surface area contributed by atoms with Crippen molar-refractivity contribution in [1.29, 1.82) is 0 Å². The van der Waals surface area contributed by atoms with E-state index in [9.17, 15) is 4.79 Å². The normalized spacial score (nSPS) is 14.4. The van der Waals surface area contributed by atoms with Crippen molar-refractivity contribution < 1.29 is 9.53 Å². The molecule has 0 aliphatic carbocycles. The van der Waals surface area contributed by atoms with Gasteiger partial charge >= 0.3 is 0 Å². The van der Waals surface area contributed by atoms with Crippen LogP contribution in [-0.4, -0.2) is 12.9 Å². The molecule has 88 valence electrons. The minimum absolute atomic E-state index is 0.397. The number of carbonyl (C=O) groups is 1. The third-order valence-electron chi connectivity index (χ3n) is 2.93. The second-order valence-corrected chi connectivity index (χ2v) is 4.36. The molecule has 1 aromatic rings. The molecule has 0 radical (unpaired) electrons. The lowest BCUT2D eigenvalue weighted by atomic mass is 9.94. The number of hydrogen-bond acceptors (Lipinski definition) is 2. The third kappa shape index (κ3) is 4.58. The van der Waals surface area contributed by atoms with Crippen molar-refractivity contribution in [1.82, 2.24) is 0 Å². The Morgan fingerprint density at radius 1 is 1.19 bits per heavy atom. The molecular weight excluding hydrogens is 200 g/mol. The molecular formula is C14H20O2. The van der Waals surface area contributed by atoms with Crippen molar-refractivity contribution in [2.45, 2.75) is 26.9 Å². The molecule has 1 aromatic carbocycles. The highest BCUT2D eigenvalue weighted by atomic mass is 16.5. The molecule has 0 saturated heterocycles. The maximum Gasteiger partial charge on any atom is 0.120 e. The third-order valence-corrected chi connectivity index (χ3v) is 2.93. The lowest BCUT2D eigenvalue weighted by Crippen LogP contribution is -2.15. The highest BCUT2D eigenvalue weighted by Gasteiger charge is 2.11. The van der Waals surface area contributed by atoms with Crippen molar-refractivity contribution in [3.63, 3.8) is 0 Å². The van der Waals surface area contributed by atoms with Crippen LogP contribution in [0, 0.1) is 11.8 Å². The summed E-state index contributed by atoms with van der Waals surface area (Å²) in [7, 11) is 0. The Bertz CT molecular complexity index is 295. The fourth-order valence-corrected chi connectivity index (χ4v) is 1.49. The van der Waals surface area contributed by atoms with Gasteiger partial charge < -0.3 is 9.53 Å². The Labute approximate surface area is 97.6 Å². The molecule has 2 nitrogen and oxygen atoms in total. The summed E-state index contributed by atoms with van der Waals surface area (Å²) in [5.41, 5.74) is 1.19. The van der Waals surface area contributed by atoms with E-state index in [2.05, 4.69) is 26.0 Å². The van der Waals surface area contributed by atoms with Crippen LogP contribution in [0.15, 0.2) is 30.3 Å². The fourth-order valence-electron chi connectivity index (χ4n) is 1.49. The van der Waals surface area contributed by atoms with E-state index in [4.69, 9.17) is 4.74 Å². The van der Waals surface area contributed by atoms with Crippen molar-refractivity contribution in [3.8, 4) is 0 Å². The van der Waals surface area contributed by atoms with E-state index in [0.717, 1.165) is 6.29 Å². The first-order valence-corrected chi connectivity index (χ1v) is 5.79. The van der Waals surface area contributed by atoms with Gasteiger partial charge in [-0.05, 0) is 17.4 Å². The van der Waals surface area contributed by atoms with E-state index in [1.165, 1.54) is 5.56 Å². The molecule has 2 heteroatoms. The standard InChI is InChI=1S/C14H20O2/c1-12(8-9-15)13(2)10-16-11-14-6-4-3-5-7-14/h3-7,9,12-13H,8,10-11H2,1-2H3/t12-,13+/m0/s1. The van der Waals surface area contributed by atoms with Gasteiger partial charge in [0.15, 0.2) is 0 Å². The average Bonchev–Trinajstić information content (AvgIpc) is 2.30. The number of ether oxygens (including phenoxy) is 1. The number of aldehydes is 1. The van der Waals surface area contributed by atoms with Gasteiger partial charge in [0.1, 0.15) is 6.29 Å². The van der Waals surface area contributed by atoms with Crippen molar-refractivity contribution >= 4 is 6.29 Å². The highest BCUT2D eigenvalue weighted by Crippen LogP contribution is 2.14. The van der Waals surface area contributed by atoms with E-state index in [0.29, 0.717) is 31.5 Å². The van der Waals surface area contributed by atoms with Crippen LogP contribution in [0.25, 0.3) is 0 Å². The summed E-state index contributed by atoms with van der Waals surface area (Å²) < 4.78 is 5.63. The van der Waals surface area contributed by atoms with E-state index < -0.39 is 0 Å². The molecule has 0 saturated carbocycles. The first kappa shape index (κ1) is 12.9. The average molecular weight is 220 g/mol. The second kappa shape index (κ2) is 7.18. The summed E-state index contributed by atoms with van der Waals surface area (Å²) in [5, 5.41) is 0. The van der Waals surface area contributed by atoms with Gasteiger partial charge in [0.05, 0.1) is 6.61 Å². The van der Waals surface area contributed by atoms with Gasteiger partial charge in [-0.25, -0.2) is 0 Å². The predicted molar refractivity (Wildman–Crippen MR) is 65.1 cm³/mol. The molecule has 16 heavy (non-hydrogen) atoms. The molecule has 0 aliphatic rings. The molecule has 0 N–H and O–H groups in total. The molecule has 0 bridgehead atoms. The van der Waals surface area contributed by atoms with E-state index in [1.807, 2.05) is 18.2 Å². The van der Waals surface area contributed by atoms with Crippen LogP contribution in [0.3, 0.4) is 0 Å². The topological polar surface area (TPSA) is 26.3 Å². The lowest BCUT2D eigenvalue weighted by Gasteiger charge is -2.17. The summed E-state index contributed by atoms with van der Waals surface area (Å²) in [6.07, 6.45) is 1.61. The zero-order valence-corrected chi connectivity index (χ0v) is 10.1. The molecule has 0 amide bonds. The molecule has 1 rings (SSSR count). The molecule has 0 spiro atoms. The highest BCUT2D eigenvalue weighted by molar-refractivity contribution is 5.49. The van der Waals surface area contributed by atoms with E-state index in [-0.39, 0.29) is 0 Å². The van der Waals surface area contributed by atoms with Crippen LogP contribution in [0.1, 0.15) is 25.8 Å². The fraction of sp³-hybridized carbons (Fsp3) is 0.500. The summed E-state index contributed by atoms with van der Waals surface area (Å²) >= 11 is 0. The van der Waals surface area contributed by atoms with Gasteiger partial charge in [-0.3, -0.25) is 0 Å². The van der Waals surface area contributed by atoms with Crippen molar-refractivity contribution in [2.24, 2.45) is 11.8 Å². The number of carbonyl (C=O) groups excluding carboxylic acids is 1. The molecule has 0 heterocycles. The maximum absolute atomic E-state index is 10.4. The van der Waals surface area contributed by atoms with Crippen LogP contribution in [0.2, 0.25) is 0 Å². The zero-order valence-electron chi connectivity index (χ0n) is 10.1. The summed E-state index contributed by atoms with van der Waals surface area (Å²) in [6, 6.07) is 10.1. The molecule has 0 fully saturated rings. The molecule has 0 aromatic heterocycles. The van der Waals surface area contributed by atoms with Gasteiger partial charge in [0, 0.05) is 13.0 Å². The Kier molecular flexibility index (Phi) is 5.79. The van der Waals surface area contributed by atoms with Crippen LogP contribution < -0.4 is 0 Å². The van der Waals surface area contributed by atoms with Gasteiger partial charge in [0.25, 0.3) is 0 Å². The minimum atomic E-state index is 0.397. The minimum Gasteiger partial charge on any atom is -0.376 e. The predicted octanol–water partition coefficient (Wildman–Crippen LogP) is 3.06. The van der Waals surface area contributed by atoms with Gasteiger partial charge in [0.2, 0.25) is 0 Å². The van der Waals surface area contributed by atoms with E-state index in [1.54, 1.807) is 0 Å². The van der Waals surface area contributed by atoms with Crippen LogP contribution >= 0.6 is 0 Å². The number of benzene rings is 1. The first-order chi connectivity index (χ1) is 7.74. The van der Waals surface area contributed by atoms with Gasteiger partial charge in [-0.1, -0.05) is 44.2 Å². The quantitative estimate of drug-likeness (QED) is 0.660. The van der Waals surface area contributed by atoms with E-state index >= 15 is 0 Å². The SMILES string of the molecule is C[C@H](COCc1ccccc1)[C@@H](C)CC=O. The molecule has 0 unspecified atom stereocenters. The smallest absolute Gasteiger partial charge is 0.120 e. The Morgan fingerprint density at radius 2 is 1.88 bits per heavy atom. The van der Waals surface area contributed by atoms with Crippen molar-refractivity contribution in [2.75, 3.05) is 6.61 Å². The second-order valence-electron chi connectivity index (χ2n) is 4.36. The first-order valence-electron chi connectivity index (χ1n) is 5.79. The monoisotopic (exact) mass is 220 g/mol. The summed E-state index contributed by atoms with van der Waals surface area (Å²) in [6.45, 7) is 5.58. The van der Waals surface area contributed by atoms with Crippen LogP contribution in [0.5, 0.6) is 0 Å². The summed E-state index contributed by atoms with van der Waals surface area (Å²) in [4.78, 5) is 10.4. The Balaban J connectivity index is 2.22. The lowest BCUT2D eigenvalue weighted by molar-refractivity contribution is -0.109. The molecule has 0 aliphatic heterocycles. The number of hydrogen-bond donors (Lipinski definition) is 0.